The van der Waals surface area contributed by atoms with Crippen molar-refractivity contribution in [2.45, 2.75) is 0 Å². The summed E-state index contributed by atoms with van der Waals surface area (Å²) in [4.78, 5) is 2.37. The van der Waals surface area contributed by atoms with Crippen LogP contribution in [0.2, 0.25) is 0 Å². The summed E-state index contributed by atoms with van der Waals surface area (Å²) in [5.41, 5.74) is 0. The summed E-state index contributed by atoms with van der Waals surface area (Å²) >= 11 is 4.91. The van der Waals surface area contributed by atoms with E-state index in [4.69, 9.17) is 24.8 Å². The fourth-order valence-corrected chi connectivity index (χ4v) is 0.128. The van der Waals surface area contributed by atoms with Crippen molar-refractivity contribution in [3.8, 4) is 0 Å². The minimum absolute atomic E-state index is 0.521. The van der Waals surface area contributed by atoms with Gasteiger partial charge in [-0.2, -0.15) is 0 Å². The van der Waals surface area contributed by atoms with Crippen molar-refractivity contribution in [2.75, 3.05) is 5.83 Å². The smallest absolute Gasteiger partial charge is 0.388 e. The van der Waals surface area contributed by atoms with Gasteiger partial charge in [-0.25, -0.2) is 0 Å². The number of aliphatic hydroxyl groups is 1. The van der Waals surface area contributed by atoms with Crippen LogP contribution in [0.25, 0.3) is 4.98 Å². The van der Waals surface area contributed by atoms with Crippen LogP contribution in [0.15, 0.2) is 12.0 Å². The maximum atomic E-state index is 8.49. The predicted octanol–water partition coefficient (Wildman–Crippen LogP) is 1.48. The Morgan fingerprint density at radius 1 is 2.29 bits per heavy atom. The molecule has 7 heavy (non-hydrogen) atoms. The van der Waals surface area contributed by atoms with E-state index in [1.54, 1.807) is 0 Å². The van der Waals surface area contributed by atoms with Crippen molar-refractivity contribution in [3.05, 3.63) is 16.9 Å². The Bertz CT molecular complexity index is 168. The van der Waals surface area contributed by atoms with Crippen LogP contribution in [0, 0.1) is 5.39 Å². The van der Waals surface area contributed by atoms with Gasteiger partial charge < -0.3 is 5.11 Å². The number of hydrogen-bond donors (Lipinski definition) is 1. The van der Waals surface area contributed by atoms with Gasteiger partial charge in [-0.15, -0.1) is 11.6 Å². The second kappa shape index (κ2) is 3.44. The number of alkyl halides is 1. The maximum Gasteiger partial charge on any atom is 0.388 e. The van der Waals surface area contributed by atoms with Gasteiger partial charge in [0.2, 0.25) is 5.39 Å². The number of allylic oxidation sites excluding steroid dienone is 1. The van der Waals surface area contributed by atoms with Crippen molar-refractivity contribution in [3.63, 3.8) is 0 Å². The van der Waals surface area contributed by atoms with Crippen molar-refractivity contribution in [1.29, 1.82) is 5.39 Å². The molecular weight excluding hydrogens is 115 g/mol. The molecule has 0 rings (SSSR count). The quantitative estimate of drug-likeness (QED) is 0.325. The van der Waals surface area contributed by atoms with E-state index in [0.29, 0.717) is 6.20 Å². The number of hydrogen-bond acceptors (Lipinski definition) is 2. The number of diazo groups is 1. The van der Waals surface area contributed by atoms with Gasteiger partial charge in [-0.1, -0.05) is 0 Å². The molecule has 0 amide bonds. The zero-order chi connectivity index (χ0) is 7.49. The average molecular weight is 122 g/mol. The van der Waals surface area contributed by atoms with E-state index in [1.165, 1.54) is 0 Å². The van der Waals surface area contributed by atoms with Crippen LogP contribution in [0.1, 0.15) is 2.74 Å². The molecule has 0 saturated carbocycles. The van der Waals surface area contributed by atoms with E-state index in [1.807, 2.05) is 0 Å². The SMILES string of the molecule is [2H]C([2H])(Cl)/C(O)=C/[N+]#N. The topological polar surface area (TPSA) is 48.4 Å². The van der Waals surface area contributed by atoms with Crippen LogP contribution >= 0.6 is 11.6 Å². The number of rotatable bonds is 1. The van der Waals surface area contributed by atoms with Crippen LogP contribution in [0.4, 0.5) is 0 Å². The van der Waals surface area contributed by atoms with Gasteiger partial charge in [0.05, 0.1) is 8.57 Å². The zero-order valence-electron chi connectivity index (χ0n) is 5.30. The van der Waals surface area contributed by atoms with Crippen LogP contribution in [-0.2, 0) is 0 Å². The summed E-state index contributed by atoms with van der Waals surface area (Å²) in [6, 6.07) is 0. The van der Waals surface area contributed by atoms with E-state index in [-0.39, 0.29) is 0 Å². The molecule has 0 bridgehead atoms. The molecule has 0 atom stereocenters. The first-order valence-corrected chi connectivity index (χ1v) is 1.79. The Morgan fingerprint density at radius 3 is 3.00 bits per heavy atom. The molecule has 0 aliphatic heterocycles. The zero-order valence-corrected chi connectivity index (χ0v) is 4.05. The Balaban J connectivity index is 4.25. The second-order valence-electron chi connectivity index (χ2n) is 0.724. The van der Waals surface area contributed by atoms with Crippen molar-refractivity contribution in [2.24, 2.45) is 0 Å². The molecule has 0 aliphatic carbocycles. The minimum Gasteiger partial charge on any atom is -0.505 e. The van der Waals surface area contributed by atoms with Gasteiger partial charge in [0.25, 0.3) is 0 Å². The van der Waals surface area contributed by atoms with E-state index < -0.39 is 11.6 Å². The third-order valence-electron chi connectivity index (χ3n) is 0.277. The molecule has 0 heterocycles. The van der Waals surface area contributed by atoms with Crippen LogP contribution in [0.5, 0.6) is 0 Å². The van der Waals surface area contributed by atoms with Crippen molar-refractivity contribution in [1.82, 2.24) is 0 Å². The molecule has 0 spiro atoms. The predicted molar refractivity (Wildman–Crippen MR) is 26.5 cm³/mol. The monoisotopic (exact) mass is 121 g/mol. The third-order valence-corrected chi connectivity index (χ3v) is 0.470. The Morgan fingerprint density at radius 2 is 2.86 bits per heavy atom. The lowest BCUT2D eigenvalue weighted by atomic mass is 10.6. The molecule has 38 valence electrons. The number of halogens is 1. The molecule has 1 N–H and O–H groups in total. The van der Waals surface area contributed by atoms with Crippen LogP contribution in [0.3, 0.4) is 0 Å². The summed E-state index contributed by atoms with van der Waals surface area (Å²) in [5, 5.41) is 16.2. The van der Waals surface area contributed by atoms with Crippen LogP contribution < -0.4 is 0 Å². The molecule has 0 aromatic carbocycles. The average Bonchev–Trinajstić information content (AvgIpc) is 1.64. The lowest BCUT2D eigenvalue weighted by molar-refractivity contribution is 0.416. The first-order chi connectivity index (χ1) is 3.98. The summed E-state index contributed by atoms with van der Waals surface area (Å²) in [5.74, 6) is -3.18. The summed E-state index contributed by atoms with van der Waals surface area (Å²) in [7, 11) is 0. The number of aliphatic hydroxyl groups excluding tert-OH is 1. The first kappa shape index (κ1) is 3.28. The molecule has 4 heteroatoms. The Labute approximate surface area is 48.6 Å². The van der Waals surface area contributed by atoms with Gasteiger partial charge in [0, 0.05) is 0 Å². The highest BCUT2D eigenvalue weighted by molar-refractivity contribution is 6.19. The normalized spacial score (nSPS) is 16.9. The van der Waals surface area contributed by atoms with Gasteiger partial charge in [-0.3, -0.25) is 0 Å². The Kier molecular flexibility index (Phi) is 1.61. The second-order valence-corrected chi connectivity index (χ2v) is 0.913. The Hall–Kier alpha value is -0.750. The highest BCUT2D eigenvalue weighted by Crippen LogP contribution is 1.89. The van der Waals surface area contributed by atoms with E-state index in [0.717, 1.165) is 0 Å². The fraction of sp³-hybridized carbons (Fsp3) is 0.333. The minimum atomic E-state index is -2.35. The number of nitrogens with zero attached hydrogens (tertiary/aromatic N) is 2. The molecule has 0 fully saturated rings. The molecule has 0 radical (unpaired) electrons. The molecule has 3 nitrogen and oxygen atoms in total. The molecule has 0 aromatic heterocycles. The molecule has 0 saturated heterocycles. The van der Waals surface area contributed by atoms with Gasteiger partial charge in [0.15, 0.2) is 10.7 Å². The lowest BCUT2D eigenvalue weighted by Gasteiger charge is -1.75. The lowest BCUT2D eigenvalue weighted by Crippen LogP contribution is -1.76. The first-order valence-electron chi connectivity index (χ1n) is 2.41. The van der Waals surface area contributed by atoms with E-state index >= 15 is 0 Å². The summed E-state index contributed by atoms with van der Waals surface area (Å²) in [6.45, 7) is 0. The standard InChI is InChI=1S/C3H3ClN2O/c4-1-3(7)2-6-5/h2H,1H2/p+1/b3-2-/i1D2. The third kappa shape index (κ3) is 3.07. The summed E-state index contributed by atoms with van der Waals surface area (Å²) < 4.78 is 13.2. The molecule has 0 aliphatic rings. The van der Waals surface area contributed by atoms with Crippen molar-refractivity contribution >= 4 is 11.6 Å². The highest BCUT2D eigenvalue weighted by Gasteiger charge is 1.92. The van der Waals surface area contributed by atoms with E-state index in [2.05, 4.69) is 4.98 Å². The maximum absolute atomic E-state index is 8.49. The molecular formula is C3H4ClN2O+. The highest BCUT2D eigenvalue weighted by atomic mass is 35.5. The summed E-state index contributed by atoms with van der Waals surface area (Å²) in [6.07, 6.45) is 0.521. The molecule has 0 aromatic rings. The van der Waals surface area contributed by atoms with Gasteiger partial charge in [-0.05, 0) is 0 Å². The van der Waals surface area contributed by atoms with Crippen LogP contribution in [-0.4, -0.2) is 10.9 Å². The van der Waals surface area contributed by atoms with E-state index in [9.17, 15) is 0 Å². The van der Waals surface area contributed by atoms with Gasteiger partial charge >= 0.3 is 6.20 Å². The molecule has 0 unspecified atom stereocenters. The largest absolute Gasteiger partial charge is 0.505 e. The van der Waals surface area contributed by atoms with Gasteiger partial charge in [0.1, 0.15) is 0 Å². The van der Waals surface area contributed by atoms with Crippen molar-refractivity contribution < 1.29 is 7.85 Å². The fourth-order valence-electron chi connectivity index (χ4n) is 0.0791.